The Morgan fingerprint density at radius 1 is 1.47 bits per heavy atom. The number of aliphatic hydroxyl groups excluding tert-OH is 1. The second-order valence-electron chi connectivity index (χ2n) is 5.01. The molecule has 0 heterocycles. The number of carbonyl (C=O) groups is 1. The lowest BCUT2D eigenvalue weighted by Crippen LogP contribution is -2.36. The highest BCUT2D eigenvalue weighted by molar-refractivity contribution is 5.70. The molecule has 1 N–H and O–H groups in total. The van der Waals surface area contributed by atoms with Gasteiger partial charge in [0.1, 0.15) is 12.7 Å². The van der Waals surface area contributed by atoms with Crippen LogP contribution in [-0.2, 0) is 9.53 Å². The minimum Gasteiger partial charge on any atom is -0.460 e. The molecule has 0 radical (unpaired) electrons. The van der Waals surface area contributed by atoms with E-state index in [1.165, 1.54) is 6.42 Å². The van der Waals surface area contributed by atoms with E-state index in [1.807, 2.05) is 0 Å². The Morgan fingerprint density at radius 3 is 2.67 bits per heavy atom. The van der Waals surface area contributed by atoms with Gasteiger partial charge in [0, 0.05) is 0 Å². The summed E-state index contributed by atoms with van der Waals surface area (Å²) in [6, 6.07) is 0. The largest absolute Gasteiger partial charge is 0.460 e. The number of esters is 1. The van der Waals surface area contributed by atoms with Crippen molar-refractivity contribution in [1.29, 1.82) is 0 Å². The van der Waals surface area contributed by atoms with Gasteiger partial charge in [-0.2, -0.15) is 0 Å². The fourth-order valence-corrected chi connectivity index (χ4v) is 2.46. The van der Waals surface area contributed by atoms with Crippen molar-refractivity contribution in [3.63, 3.8) is 0 Å². The molecule has 15 heavy (non-hydrogen) atoms. The van der Waals surface area contributed by atoms with E-state index in [2.05, 4.69) is 20.8 Å². The Morgan fingerprint density at radius 2 is 2.13 bits per heavy atom. The summed E-state index contributed by atoms with van der Waals surface area (Å²) < 4.78 is 5.30. The maximum Gasteiger partial charge on any atom is 0.332 e. The monoisotopic (exact) mass is 214 g/mol. The smallest absolute Gasteiger partial charge is 0.332 e. The van der Waals surface area contributed by atoms with E-state index in [1.54, 1.807) is 0 Å². The fourth-order valence-electron chi connectivity index (χ4n) is 2.46. The molecular weight excluding hydrogens is 192 g/mol. The van der Waals surface area contributed by atoms with Gasteiger partial charge in [0.15, 0.2) is 0 Å². The first-order valence-electron chi connectivity index (χ1n) is 5.85. The van der Waals surface area contributed by atoms with E-state index in [9.17, 15) is 4.79 Å². The molecule has 0 aliphatic heterocycles. The molecule has 3 atom stereocenters. The average Bonchev–Trinajstić information content (AvgIpc) is 2.17. The fraction of sp³-hybridized carbons (Fsp3) is 0.917. The van der Waals surface area contributed by atoms with Gasteiger partial charge in [-0.3, -0.25) is 0 Å². The van der Waals surface area contributed by atoms with Crippen molar-refractivity contribution in [3.8, 4) is 0 Å². The minimum atomic E-state index is -0.504. The minimum absolute atomic E-state index is 0.00778. The molecule has 1 aliphatic rings. The van der Waals surface area contributed by atoms with Crippen LogP contribution in [0, 0.1) is 17.8 Å². The van der Waals surface area contributed by atoms with Crippen LogP contribution in [0.25, 0.3) is 0 Å². The van der Waals surface area contributed by atoms with Crippen molar-refractivity contribution in [3.05, 3.63) is 0 Å². The third kappa shape index (κ3) is 3.49. The third-order valence-electron chi connectivity index (χ3n) is 3.37. The summed E-state index contributed by atoms with van der Waals surface area (Å²) >= 11 is 0. The zero-order valence-electron chi connectivity index (χ0n) is 9.90. The lowest BCUT2D eigenvalue weighted by atomic mass is 9.75. The van der Waals surface area contributed by atoms with E-state index < -0.39 is 12.6 Å². The molecule has 0 spiro atoms. The number of ether oxygens (including phenoxy) is 1. The lowest BCUT2D eigenvalue weighted by Gasteiger charge is -2.36. The number of carbonyl (C=O) groups excluding carboxylic acids is 1. The second-order valence-corrected chi connectivity index (χ2v) is 5.01. The normalized spacial score (nSPS) is 31.7. The van der Waals surface area contributed by atoms with Gasteiger partial charge in [-0.1, -0.05) is 27.2 Å². The Kier molecular flexibility index (Phi) is 4.58. The number of hydrogen-bond donors (Lipinski definition) is 1. The summed E-state index contributed by atoms with van der Waals surface area (Å²) in [4.78, 5) is 11.1. The molecule has 3 heteroatoms. The van der Waals surface area contributed by atoms with Gasteiger partial charge in [-0.05, 0) is 30.6 Å². The molecule has 3 nitrogen and oxygen atoms in total. The number of rotatable bonds is 3. The average molecular weight is 214 g/mol. The third-order valence-corrected chi connectivity index (χ3v) is 3.37. The van der Waals surface area contributed by atoms with Crippen molar-refractivity contribution in [1.82, 2.24) is 0 Å². The van der Waals surface area contributed by atoms with Crippen molar-refractivity contribution < 1.29 is 14.6 Å². The molecule has 0 aromatic heterocycles. The van der Waals surface area contributed by atoms with Crippen LogP contribution in [0.5, 0.6) is 0 Å². The van der Waals surface area contributed by atoms with Gasteiger partial charge in [-0.25, -0.2) is 4.79 Å². The highest BCUT2D eigenvalue weighted by atomic mass is 16.6. The molecule has 0 unspecified atom stereocenters. The Hall–Kier alpha value is -0.570. The van der Waals surface area contributed by atoms with Crippen LogP contribution in [0.1, 0.15) is 40.0 Å². The summed E-state index contributed by atoms with van der Waals surface area (Å²) in [7, 11) is 0. The molecule has 88 valence electrons. The molecule has 0 aromatic rings. The van der Waals surface area contributed by atoms with E-state index in [-0.39, 0.29) is 6.10 Å². The Balaban J connectivity index is 2.57. The van der Waals surface area contributed by atoms with Gasteiger partial charge in [0.25, 0.3) is 0 Å². The van der Waals surface area contributed by atoms with Crippen LogP contribution in [0.3, 0.4) is 0 Å². The first-order chi connectivity index (χ1) is 7.04. The van der Waals surface area contributed by atoms with Crippen molar-refractivity contribution in [2.45, 2.75) is 46.1 Å². The van der Waals surface area contributed by atoms with Crippen LogP contribution in [0.15, 0.2) is 0 Å². The molecule has 0 bridgehead atoms. The number of aliphatic hydroxyl groups is 1. The van der Waals surface area contributed by atoms with Crippen molar-refractivity contribution >= 4 is 5.97 Å². The topological polar surface area (TPSA) is 46.5 Å². The maximum atomic E-state index is 11.1. The molecular formula is C12H22O3. The SMILES string of the molecule is CC(C)[C@H]1CC[C@H](C)C[C@H]1OC(=O)CO. The summed E-state index contributed by atoms with van der Waals surface area (Å²) in [5.41, 5.74) is 0. The highest BCUT2D eigenvalue weighted by Gasteiger charge is 2.33. The number of hydrogen-bond acceptors (Lipinski definition) is 3. The van der Waals surface area contributed by atoms with E-state index in [0.717, 1.165) is 12.8 Å². The van der Waals surface area contributed by atoms with Gasteiger partial charge < -0.3 is 9.84 Å². The van der Waals surface area contributed by atoms with Gasteiger partial charge in [-0.15, -0.1) is 0 Å². The summed E-state index contributed by atoms with van der Waals surface area (Å²) in [5, 5.41) is 8.68. The first kappa shape index (κ1) is 12.5. The van der Waals surface area contributed by atoms with Gasteiger partial charge in [0.2, 0.25) is 0 Å². The van der Waals surface area contributed by atoms with Crippen molar-refractivity contribution in [2.75, 3.05) is 6.61 Å². The van der Waals surface area contributed by atoms with Gasteiger partial charge >= 0.3 is 5.97 Å². The van der Waals surface area contributed by atoms with E-state index >= 15 is 0 Å². The van der Waals surface area contributed by atoms with E-state index in [0.29, 0.717) is 17.8 Å². The zero-order valence-corrected chi connectivity index (χ0v) is 9.90. The molecule has 0 saturated heterocycles. The molecule has 1 fully saturated rings. The predicted octanol–water partition coefficient (Wildman–Crippen LogP) is 1.98. The molecule has 0 aromatic carbocycles. The quantitative estimate of drug-likeness (QED) is 0.731. The van der Waals surface area contributed by atoms with Gasteiger partial charge in [0.05, 0.1) is 0 Å². The highest BCUT2D eigenvalue weighted by Crippen LogP contribution is 2.35. The molecule has 1 saturated carbocycles. The van der Waals surface area contributed by atoms with E-state index in [4.69, 9.17) is 9.84 Å². The molecule has 1 aliphatic carbocycles. The molecule has 0 amide bonds. The first-order valence-corrected chi connectivity index (χ1v) is 5.85. The zero-order chi connectivity index (χ0) is 11.4. The van der Waals surface area contributed by atoms with Crippen LogP contribution in [0.2, 0.25) is 0 Å². The maximum absolute atomic E-state index is 11.1. The lowest BCUT2D eigenvalue weighted by molar-refractivity contribution is -0.159. The van der Waals surface area contributed by atoms with Crippen LogP contribution in [-0.4, -0.2) is 23.8 Å². The molecule has 1 rings (SSSR count). The Labute approximate surface area is 91.8 Å². The summed E-state index contributed by atoms with van der Waals surface area (Å²) in [5.74, 6) is 1.13. The van der Waals surface area contributed by atoms with Crippen molar-refractivity contribution in [2.24, 2.45) is 17.8 Å². The standard InChI is InChI=1S/C12H22O3/c1-8(2)10-5-4-9(3)6-11(10)15-12(14)7-13/h8-11,13H,4-7H2,1-3H3/t9-,10+,11+/m0/s1. The van der Waals surface area contributed by atoms with Crippen LogP contribution >= 0.6 is 0 Å². The Bertz CT molecular complexity index is 213. The second kappa shape index (κ2) is 5.50. The van der Waals surface area contributed by atoms with Crippen LogP contribution < -0.4 is 0 Å². The van der Waals surface area contributed by atoms with Crippen LogP contribution in [0.4, 0.5) is 0 Å². The predicted molar refractivity (Wildman–Crippen MR) is 58.3 cm³/mol. The summed E-state index contributed by atoms with van der Waals surface area (Å²) in [6.45, 7) is 6.02. The summed E-state index contributed by atoms with van der Waals surface area (Å²) in [6.07, 6.45) is 3.29.